The second-order valence-corrected chi connectivity index (χ2v) is 10.0. The predicted octanol–water partition coefficient (Wildman–Crippen LogP) is 4.27. The van der Waals surface area contributed by atoms with Crippen LogP contribution in [0.3, 0.4) is 0 Å². The van der Waals surface area contributed by atoms with Crippen molar-refractivity contribution in [2.24, 2.45) is 0 Å². The number of amides is 3. The Morgan fingerprint density at radius 3 is 2.43 bits per heavy atom. The monoisotopic (exact) mass is 474 g/mol. The summed E-state index contributed by atoms with van der Waals surface area (Å²) in [5.41, 5.74) is 5.15. The van der Waals surface area contributed by atoms with Gasteiger partial charge in [0.25, 0.3) is 5.91 Å². The van der Waals surface area contributed by atoms with Gasteiger partial charge in [-0.3, -0.25) is 19.3 Å². The molecule has 0 aliphatic carbocycles. The van der Waals surface area contributed by atoms with E-state index in [4.69, 9.17) is 0 Å². The molecule has 5 rings (SSSR count). The van der Waals surface area contributed by atoms with Gasteiger partial charge in [0.2, 0.25) is 11.8 Å². The van der Waals surface area contributed by atoms with Gasteiger partial charge in [-0.2, -0.15) is 0 Å². The second kappa shape index (κ2) is 9.72. The fourth-order valence-corrected chi connectivity index (χ4v) is 5.50. The van der Waals surface area contributed by atoms with E-state index in [1.54, 1.807) is 4.90 Å². The van der Waals surface area contributed by atoms with Crippen molar-refractivity contribution in [2.45, 2.75) is 58.4 Å². The van der Waals surface area contributed by atoms with Gasteiger partial charge in [-0.25, -0.2) is 0 Å². The van der Waals surface area contributed by atoms with E-state index in [0.717, 1.165) is 80.7 Å². The zero-order valence-corrected chi connectivity index (χ0v) is 20.7. The molecule has 2 aromatic rings. The normalized spacial score (nSPS) is 19.8. The number of anilines is 3. The van der Waals surface area contributed by atoms with Crippen LogP contribution in [-0.4, -0.2) is 54.8 Å². The highest BCUT2D eigenvalue weighted by molar-refractivity contribution is 6.11. The first-order chi connectivity index (χ1) is 16.9. The molecule has 1 atom stereocenters. The summed E-state index contributed by atoms with van der Waals surface area (Å²) in [7, 11) is 0. The molecule has 0 unspecified atom stereocenters. The summed E-state index contributed by atoms with van der Waals surface area (Å²) >= 11 is 0. The predicted molar refractivity (Wildman–Crippen MR) is 138 cm³/mol. The van der Waals surface area contributed by atoms with Crippen molar-refractivity contribution < 1.29 is 14.4 Å². The van der Waals surface area contributed by atoms with Gasteiger partial charge in [0.1, 0.15) is 12.6 Å². The molecule has 3 amide bonds. The van der Waals surface area contributed by atoms with Gasteiger partial charge in [-0.1, -0.05) is 6.07 Å². The molecule has 184 valence electrons. The zero-order chi connectivity index (χ0) is 24.5. The van der Waals surface area contributed by atoms with Crippen molar-refractivity contribution in [1.29, 1.82) is 0 Å². The number of nitrogens with zero attached hydrogens (tertiary/aromatic N) is 3. The SMILES string of the molecule is Cc1ccc(NC(=O)CN2C(=O)[C@H]3CCCCN3c3ccc(C(=O)N4CCCCC4)cc32)cc1C. The van der Waals surface area contributed by atoms with Crippen LogP contribution in [0.5, 0.6) is 0 Å². The maximum Gasteiger partial charge on any atom is 0.253 e. The van der Waals surface area contributed by atoms with Crippen molar-refractivity contribution in [3.63, 3.8) is 0 Å². The molecule has 2 fully saturated rings. The molecule has 0 radical (unpaired) electrons. The van der Waals surface area contributed by atoms with E-state index in [9.17, 15) is 14.4 Å². The number of carbonyl (C=O) groups is 3. The molecule has 35 heavy (non-hydrogen) atoms. The first-order valence-electron chi connectivity index (χ1n) is 12.8. The highest BCUT2D eigenvalue weighted by Crippen LogP contribution is 2.40. The van der Waals surface area contributed by atoms with E-state index in [1.165, 1.54) is 0 Å². The van der Waals surface area contributed by atoms with E-state index < -0.39 is 0 Å². The molecular weight excluding hydrogens is 440 g/mol. The first-order valence-corrected chi connectivity index (χ1v) is 12.8. The number of likely N-dealkylation sites (tertiary alicyclic amines) is 1. The summed E-state index contributed by atoms with van der Waals surface area (Å²) in [6, 6.07) is 11.2. The fraction of sp³-hybridized carbons (Fsp3) is 0.464. The topological polar surface area (TPSA) is 73.0 Å². The third-order valence-electron chi connectivity index (χ3n) is 7.61. The summed E-state index contributed by atoms with van der Waals surface area (Å²) in [5, 5.41) is 2.95. The fourth-order valence-electron chi connectivity index (χ4n) is 5.50. The van der Waals surface area contributed by atoms with Crippen LogP contribution in [0.25, 0.3) is 0 Å². The number of carbonyl (C=O) groups excluding carboxylic acids is 3. The van der Waals surface area contributed by atoms with Crippen LogP contribution in [0.15, 0.2) is 36.4 Å². The van der Waals surface area contributed by atoms with Gasteiger partial charge >= 0.3 is 0 Å². The Bertz CT molecular complexity index is 1150. The van der Waals surface area contributed by atoms with Crippen molar-refractivity contribution in [3.8, 4) is 0 Å². The molecule has 3 heterocycles. The number of aryl methyl sites for hydroxylation is 2. The lowest BCUT2D eigenvalue weighted by molar-refractivity contribution is -0.123. The van der Waals surface area contributed by atoms with Crippen LogP contribution >= 0.6 is 0 Å². The minimum absolute atomic E-state index is 0.000230. The highest BCUT2D eigenvalue weighted by Gasteiger charge is 2.40. The summed E-state index contributed by atoms with van der Waals surface area (Å²) in [6.07, 6.45) is 6.01. The van der Waals surface area contributed by atoms with E-state index in [2.05, 4.69) is 10.2 Å². The van der Waals surface area contributed by atoms with Crippen molar-refractivity contribution in [3.05, 3.63) is 53.1 Å². The molecule has 0 spiro atoms. The van der Waals surface area contributed by atoms with Gasteiger partial charge in [-0.05, 0) is 93.8 Å². The number of rotatable bonds is 4. The first kappa shape index (κ1) is 23.4. The third kappa shape index (κ3) is 4.64. The Balaban J connectivity index is 1.44. The van der Waals surface area contributed by atoms with E-state index in [1.807, 2.05) is 55.1 Å². The van der Waals surface area contributed by atoms with Crippen molar-refractivity contribution in [2.75, 3.05) is 41.3 Å². The van der Waals surface area contributed by atoms with E-state index >= 15 is 0 Å². The molecule has 0 saturated carbocycles. The molecule has 7 heteroatoms. The average molecular weight is 475 g/mol. The average Bonchev–Trinajstić information content (AvgIpc) is 2.88. The maximum atomic E-state index is 13.6. The third-order valence-corrected chi connectivity index (χ3v) is 7.61. The molecular formula is C28H34N4O3. The number of benzene rings is 2. The molecule has 7 nitrogen and oxygen atoms in total. The Labute approximate surface area is 207 Å². The number of nitrogens with one attached hydrogen (secondary N) is 1. The van der Waals surface area contributed by atoms with Crippen LogP contribution in [0.4, 0.5) is 17.1 Å². The van der Waals surface area contributed by atoms with Crippen LogP contribution in [-0.2, 0) is 9.59 Å². The van der Waals surface area contributed by atoms with Crippen LogP contribution < -0.4 is 15.1 Å². The smallest absolute Gasteiger partial charge is 0.253 e. The number of piperidine rings is 2. The standard InChI is InChI=1S/C28H34N4O3/c1-19-9-11-22(16-20(19)2)29-26(33)18-32-25-17-21(27(34)30-13-5-3-6-14-30)10-12-23(25)31-15-7-4-8-24(31)28(32)35/h9-12,16-17,24H,3-8,13-15,18H2,1-2H3,(H,29,33)/t24-/m1/s1. The highest BCUT2D eigenvalue weighted by atomic mass is 16.2. The largest absolute Gasteiger partial charge is 0.358 e. The number of hydrogen-bond donors (Lipinski definition) is 1. The molecule has 0 bridgehead atoms. The molecule has 0 aromatic heterocycles. The summed E-state index contributed by atoms with van der Waals surface area (Å²) in [4.78, 5) is 45.5. The Morgan fingerprint density at radius 2 is 1.66 bits per heavy atom. The zero-order valence-electron chi connectivity index (χ0n) is 20.7. The van der Waals surface area contributed by atoms with Crippen molar-refractivity contribution in [1.82, 2.24) is 4.90 Å². The number of fused-ring (bicyclic) bond motifs is 3. The lowest BCUT2D eigenvalue weighted by atomic mass is 9.95. The van der Waals surface area contributed by atoms with Crippen LogP contribution in [0.2, 0.25) is 0 Å². The number of hydrogen-bond acceptors (Lipinski definition) is 4. The molecule has 1 N–H and O–H groups in total. The molecule has 2 aromatic carbocycles. The van der Waals surface area contributed by atoms with Crippen LogP contribution in [0, 0.1) is 13.8 Å². The lowest BCUT2D eigenvalue weighted by Crippen LogP contribution is -2.56. The quantitative estimate of drug-likeness (QED) is 0.718. The Kier molecular flexibility index (Phi) is 6.50. The molecule has 3 aliphatic rings. The van der Waals surface area contributed by atoms with Gasteiger partial charge in [-0.15, -0.1) is 0 Å². The van der Waals surface area contributed by atoms with Gasteiger partial charge in [0.15, 0.2) is 0 Å². The second-order valence-electron chi connectivity index (χ2n) is 10.0. The molecule has 3 aliphatic heterocycles. The van der Waals surface area contributed by atoms with Crippen molar-refractivity contribution >= 4 is 34.8 Å². The van der Waals surface area contributed by atoms with Gasteiger partial charge in [0, 0.05) is 30.9 Å². The summed E-state index contributed by atoms with van der Waals surface area (Å²) in [5.74, 6) is -0.306. The Morgan fingerprint density at radius 1 is 0.886 bits per heavy atom. The summed E-state index contributed by atoms with van der Waals surface area (Å²) < 4.78 is 0. The van der Waals surface area contributed by atoms with Gasteiger partial charge in [0.05, 0.1) is 11.4 Å². The van der Waals surface area contributed by atoms with E-state index in [0.29, 0.717) is 11.3 Å². The summed E-state index contributed by atoms with van der Waals surface area (Å²) in [6.45, 7) is 6.31. The minimum atomic E-state index is -0.255. The van der Waals surface area contributed by atoms with E-state index in [-0.39, 0.29) is 30.3 Å². The lowest BCUT2D eigenvalue weighted by Gasteiger charge is -2.45. The maximum absolute atomic E-state index is 13.6. The minimum Gasteiger partial charge on any atom is -0.358 e. The Hall–Kier alpha value is -3.35. The van der Waals surface area contributed by atoms with Gasteiger partial charge < -0.3 is 15.1 Å². The molecule has 2 saturated heterocycles. The van der Waals surface area contributed by atoms with Crippen LogP contribution in [0.1, 0.15) is 60.0 Å².